The van der Waals surface area contributed by atoms with Crippen LogP contribution in [-0.2, 0) is 13.0 Å². The van der Waals surface area contributed by atoms with E-state index >= 15 is 0 Å². The van der Waals surface area contributed by atoms with Gasteiger partial charge in [-0.25, -0.2) is 0 Å². The molecule has 4 N–H and O–H groups in total. The van der Waals surface area contributed by atoms with E-state index in [1.807, 2.05) is 35.7 Å². The molecule has 140 valence electrons. The third-order valence-corrected chi connectivity index (χ3v) is 4.84. The maximum atomic E-state index is 11.8. The maximum absolute atomic E-state index is 11.8. The number of nitrogens with zero attached hydrogens (tertiary/aromatic N) is 2. The minimum atomic E-state index is -0.485. The van der Waals surface area contributed by atoms with E-state index < -0.39 is 12.0 Å². The Morgan fingerprint density at radius 2 is 2.04 bits per heavy atom. The Balaban J connectivity index is 1.55. The highest BCUT2D eigenvalue weighted by molar-refractivity contribution is 7.03. The molecule has 2 aromatic carbocycles. The number of carbonyl (C=O) groups excluding carboxylic acids is 1. The minimum absolute atomic E-state index is 0.447. The number of aliphatic hydroxyl groups is 1. The van der Waals surface area contributed by atoms with Crippen LogP contribution in [0, 0.1) is 0 Å². The molecule has 3 rings (SSSR count). The van der Waals surface area contributed by atoms with Crippen LogP contribution in [0.1, 0.15) is 27.9 Å². The van der Waals surface area contributed by atoms with Crippen molar-refractivity contribution < 1.29 is 9.90 Å². The van der Waals surface area contributed by atoms with Gasteiger partial charge in [0.2, 0.25) is 5.91 Å². The lowest BCUT2D eigenvalue weighted by molar-refractivity contribution is 0.0999. The maximum Gasteiger partial charge on any atom is 0.249 e. The Labute approximate surface area is 162 Å². The number of nitrogens with two attached hydrogens (primary N) is 1. The molecule has 0 saturated heterocycles. The van der Waals surface area contributed by atoms with E-state index in [1.165, 1.54) is 17.1 Å². The molecule has 0 aliphatic heterocycles. The van der Waals surface area contributed by atoms with Crippen molar-refractivity contribution >= 4 is 17.4 Å². The van der Waals surface area contributed by atoms with Crippen LogP contribution in [0.4, 0.5) is 0 Å². The van der Waals surface area contributed by atoms with Gasteiger partial charge in [-0.15, -0.1) is 5.10 Å². The molecule has 0 spiro atoms. The van der Waals surface area contributed by atoms with Gasteiger partial charge in [0.1, 0.15) is 5.69 Å². The van der Waals surface area contributed by atoms with E-state index in [2.05, 4.69) is 27.0 Å². The highest BCUT2D eigenvalue weighted by Crippen LogP contribution is 2.21. The molecular formula is C20H22N4O2S. The lowest BCUT2D eigenvalue weighted by Gasteiger charge is -2.13. The molecule has 0 saturated carbocycles. The fourth-order valence-corrected chi connectivity index (χ4v) is 3.33. The molecule has 0 radical (unpaired) electrons. The molecule has 0 fully saturated rings. The van der Waals surface area contributed by atoms with Crippen LogP contribution in [0.3, 0.4) is 0 Å². The van der Waals surface area contributed by atoms with E-state index in [-0.39, 0.29) is 0 Å². The number of nitrogens with one attached hydrogen (secondary N) is 1. The zero-order chi connectivity index (χ0) is 19.1. The molecule has 1 atom stereocenters. The van der Waals surface area contributed by atoms with Gasteiger partial charge in [0.25, 0.3) is 0 Å². The van der Waals surface area contributed by atoms with Crippen molar-refractivity contribution in [3.63, 3.8) is 0 Å². The Hall–Kier alpha value is -2.61. The van der Waals surface area contributed by atoms with Crippen molar-refractivity contribution in [3.05, 3.63) is 70.6 Å². The topological polar surface area (TPSA) is 101 Å². The van der Waals surface area contributed by atoms with Crippen molar-refractivity contribution in [2.24, 2.45) is 5.73 Å². The van der Waals surface area contributed by atoms with Crippen molar-refractivity contribution in [2.45, 2.75) is 25.5 Å². The lowest BCUT2D eigenvalue weighted by Crippen LogP contribution is -2.28. The second-order valence-electron chi connectivity index (χ2n) is 6.34. The summed E-state index contributed by atoms with van der Waals surface area (Å²) in [7, 11) is 0. The van der Waals surface area contributed by atoms with Gasteiger partial charge < -0.3 is 16.2 Å². The van der Waals surface area contributed by atoms with Crippen LogP contribution in [0.25, 0.3) is 11.3 Å². The van der Waals surface area contributed by atoms with Crippen LogP contribution in [-0.4, -0.2) is 33.2 Å². The summed E-state index contributed by atoms with van der Waals surface area (Å²) in [5, 5.41) is 19.2. The number of primary amides is 1. The van der Waals surface area contributed by atoms with E-state index in [0.717, 1.165) is 23.2 Å². The summed E-state index contributed by atoms with van der Waals surface area (Å²) in [5.74, 6) is -0.485. The number of amides is 1. The zero-order valence-electron chi connectivity index (χ0n) is 14.8. The monoisotopic (exact) mass is 382 g/mol. The molecule has 1 amide bonds. The highest BCUT2D eigenvalue weighted by atomic mass is 32.1. The SMILES string of the molecule is NC(=O)c1cc(-c2csnn2)ccc1CNC[C@@H](O)CCc1ccccc1. The van der Waals surface area contributed by atoms with E-state index in [9.17, 15) is 9.90 Å². The second-order valence-corrected chi connectivity index (χ2v) is 6.95. The van der Waals surface area contributed by atoms with Crippen LogP contribution < -0.4 is 11.1 Å². The third kappa shape index (κ3) is 5.43. The Kier molecular flexibility index (Phi) is 6.64. The zero-order valence-corrected chi connectivity index (χ0v) is 15.7. The number of hydrogen-bond donors (Lipinski definition) is 3. The summed E-state index contributed by atoms with van der Waals surface area (Å²) in [5.41, 5.74) is 9.52. The largest absolute Gasteiger partial charge is 0.392 e. The summed E-state index contributed by atoms with van der Waals surface area (Å²) >= 11 is 1.26. The molecule has 7 heteroatoms. The normalized spacial score (nSPS) is 12.0. The number of aryl methyl sites for hydroxylation is 1. The summed E-state index contributed by atoms with van der Waals surface area (Å²) in [6, 6.07) is 15.6. The summed E-state index contributed by atoms with van der Waals surface area (Å²) in [6.07, 6.45) is 1.05. The molecule has 1 heterocycles. The molecule has 0 unspecified atom stereocenters. The van der Waals surface area contributed by atoms with Gasteiger partial charge in [-0.3, -0.25) is 4.79 Å². The molecule has 0 bridgehead atoms. The van der Waals surface area contributed by atoms with Crippen LogP contribution in [0.2, 0.25) is 0 Å². The molecule has 3 aromatic rings. The van der Waals surface area contributed by atoms with Crippen LogP contribution in [0.15, 0.2) is 53.9 Å². The minimum Gasteiger partial charge on any atom is -0.392 e. The molecular weight excluding hydrogens is 360 g/mol. The van der Waals surface area contributed by atoms with Gasteiger partial charge >= 0.3 is 0 Å². The summed E-state index contributed by atoms with van der Waals surface area (Å²) in [4.78, 5) is 11.8. The standard InChI is InChI=1S/C20H22N4O2S/c21-20(26)18-10-15(19-13-27-24-23-19)7-8-16(18)11-22-12-17(25)9-6-14-4-2-1-3-5-14/h1-5,7-8,10,13,17,22,25H,6,9,11-12H2,(H2,21,26)/t17-/m0/s1. The van der Waals surface area contributed by atoms with Crippen molar-refractivity contribution in [1.82, 2.24) is 14.9 Å². The fraction of sp³-hybridized carbons (Fsp3) is 0.250. The second kappa shape index (κ2) is 9.36. The van der Waals surface area contributed by atoms with Gasteiger partial charge in [0.15, 0.2) is 0 Å². The number of aliphatic hydroxyl groups excluding tert-OH is 1. The molecule has 0 aliphatic carbocycles. The Morgan fingerprint density at radius 3 is 2.74 bits per heavy atom. The number of aromatic nitrogens is 2. The number of benzene rings is 2. The van der Waals surface area contributed by atoms with Crippen molar-refractivity contribution in [3.8, 4) is 11.3 Å². The van der Waals surface area contributed by atoms with E-state index in [1.54, 1.807) is 6.07 Å². The quantitative estimate of drug-likeness (QED) is 0.527. The van der Waals surface area contributed by atoms with Gasteiger partial charge in [-0.1, -0.05) is 47.0 Å². The summed E-state index contributed by atoms with van der Waals surface area (Å²) in [6.45, 7) is 0.902. The van der Waals surface area contributed by atoms with Crippen molar-refractivity contribution in [1.29, 1.82) is 0 Å². The first-order chi connectivity index (χ1) is 13.1. The number of carbonyl (C=O) groups is 1. The lowest BCUT2D eigenvalue weighted by atomic mass is 10.0. The molecule has 27 heavy (non-hydrogen) atoms. The van der Waals surface area contributed by atoms with E-state index in [0.29, 0.717) is 25.1 Å². The van der Waals surface area contributed by atoms with Gasteiger partial charge in [-0.05, 0) is 41.6 Å². The molecule has 1 aromatic heterocycles. The predicted molar refractivity (Wildman–Crippen MR) is 106 cm³/mol. The van der Waals surface area contributed by atoms with Gasteiger partial charge in [0, 0.05) is 29.6 Å². The predicted octanol–water partition coefficient (Wildman–Crippen LogP) is 2.39. The fourth-order valence-electron chi connectivity index (χ4n) is 2.86. The molecule has 0 aliphatic rings. The van der Waals surface area contributed by atoms with Crippen LogP contribution >= 0.6 is 11.5 Å². The number of hydrogen-bond acceptors (Lipinski definition) is 6. The first-order valence-corrected chi connectivity index (χ1v) is 9.60. The van der Waals surface area contributed by atoms with Gasteiger partial charge in [-0.2, -0.15) is 0 Å². The third-order valence-electron chi connectivity index (χ3n) is 4.34. The number of rotatable bonds is 9. The molecule has 6 nitrogen and oxygen atoms in total. The smallest absolute Gasteiger partial charge is 0.249 e. The summed E-state index contributed by atoms with van der Waals surface area (Å²) < 4.78 is 3.84. The van der Waals surface area contributed by atoms with E-state index in [4.69, 9.17) is 5.73 Å². The van der Waals surface area contributed by atoms with Gasteiger partial charge in [0.05, 0.1) is 6.10 Å². The van der Waals surface area contributed by atoms with Crippen molar-refractivity contribution in [2.75, 3.05) is 6.54 Å². The average molecular weight is 382 g/mol. The average Bonchev–Trinajstić information content (AvgIpc) is 3.22. The highest BCUT2D eigenvalue weighted by Gasteiger charge is 2.12. The Bertz CT molecular complexity index is 869. The van der Waals surface area contributed by atoms with Crippen LogP contribution in [0.5, 0.6) is 0 Å². The Morgan fingerprint density at radius 1 is 1.22 bits per heavy atom. The first-order valence-electron chi connectivity index (χ1n) is 8.76. The first kappa shape index (κ1) is 19.2.